The van der Waals surface area contributed by atoms with Crippen LogP contribution in [-0.2, 0) is 4.74 Å². The number of hydrogen-bond acceptors (Lipinski definition) is 4. The number of nitrogens with two attached hydrogens (primary N) is 1. The highest BCUT2D eigenvalue weighted by molar-refractivity contribution is 5.94. The van der Waals surface area contributed by atoms with Crippen LogP contribution in [0.2, 0.25) is 0 Å². The number of aryl methyl sites for hydroxylation is 2. The van der Waals surface area contributed by atoms with E-state index in [-0.39, 0.29) is 24.4 Å². The smallest absolute Gasteiger partial charge is 0.253 e. The molecule has 2 N–H and O–H groups in total. The van der Waals surface area contributed by atoms with Crippen LogP contribution in [0.15, 0.2) is 30.3 Å². The van der Waals surface area contributed by atoms with Gasteiger partial charge in [-0.25, -0.2) is 4.68 Å². The molecule has 3 rings (SSSR count). The van der Waals surface area contributed by atoms with Gasteiger partial charge in [-0.3, -0.25) is 4.79 Å². The summed E-state index contributed by atoms with van der Waals surface area (Å²) >= 11 is 0. The van der Waals surface area contributed by atoms with E-state index in [4.69, 9.17) is 10.5 Å². The van der Waals surface area contributed by atoms with Crippen LogP contribution in [0.25, 0.3) is 5.69 Å². The highest BCUT2D eigenvalue weighted by Gasteiger charge is 2.24. The van der Waals surface area contributed by atoms with Gasteiger partial charge >= 0.3 is 0 Å². The molecule has 27 heavy (non-hydrogen) atoms. The first-order valence-electron chi connectivity index (χ1n) is 9.33. The summed E-state index contributed by atoms with van der Waals surface area (Å²) in [7, 11) is 0. The SMILES string of the molecule is Cc1cc(C)n(-c2ccc(C(=O)N3CCC(OCCCN)CC3)cc2)n1.Cl. The highest BCUT2D eigenvalue weighted by atomic mass is 35.5. The highest BCUT2D eigenvalue weighted by Crippen LogP contribution is 2.18. The van der Waals surface area contributed by atoms with Crippen LogP contribution in [0.3, 0.4) is 0 Å². The van der Waals surface area contributed by atoms with Crippen molar-refractivity contribution in [3.63, 3.8) is 0 Å². The van der Waals surface area contributed by atoms with Crippen molar-refractivity contribution in [3.05, 3.63) is 47.3 Å². The summed E-state index contributed by atoms with van der Waals surface area (Å²) in [6, 6.07) is 9.72. The van der Waals surface area contributed by atoms with Crippen LogP contribution < -0.4 is 5.73 Å². The number of ether oxygens (including phenoxy) is 1. The Kier molecular flexibility index (Phi) is 7.83. The summed E-state index contributed by atoms with van der Waals surface area (Å²) in [6.45, 7) is 6.86. The van der Waals surface area contributed by atoms with Crippen LogP contribution >= 0.6 is 12.4 Å². The van der Waals surface area contributed by atoms with Crippen molar-refractivity contribution in [2.75, 3.05) is 26.2 Å². The molecule has 6 nitrogen and oxygen atoms in total. The predicted molar refractivity (Wildman–Crippen MR) is 109 cm³/mol. The first kappa shape index (κ1) is 21.4. The molecule has 0 aliphatic carbocycles. The molecule has 2 aromatic rings. The molecule has 1 aliphatic rings. The van der Waals surface area contributed by atoms with Gasteiger partial charge in [0.1, 0.15) is 0 Å². The van der Waals surface area contributed by atoms with Crippen LogP contribution in [0.4, 0.5) is 0 Å². The number of nitrogens with zero attached hydrogens (tertiary/aromatic N) is 3. The molecule has 0 unspecified atom stereocenters. The average Bonchev–Trinajstić information content (AvgIpc) is 3.00. The zero-order valence-electron chi connectivity index (χ0n) is 16.1. The summed E-state index contributed by atoms with van der Waals surface area (Å²) in [5.41, 5.74) is 9.25. The lowest BCUT2D eigenvalue weighted by Crippen LogP contribution is -2.41. The Bertz CT molecular complexity index is 737. The topological polar surface area (TPSA) is 73.4 Å². The van der Waals surface area contributed by atoms with Crippen molar-refractivity contribution in [2.45, 2.75) is 39.2 Å². The Morgan fingerprint density at radius 1 is 1.22 bits per heavy atom. The van der Waals surface area contributed by atoms with Crippen LogP contribution in [0.5, 0.6) is 0 Å². The molecule has 0 radical (unpaired) electrons. The van der Waals surface area contributed by atoms with Crippen LogP contribution in [0.1, 0.15) is 41.0 Å². The lowest BCUT2D eigenvalue weighted by atomic mass is 10.1. The van der Waals surface area contributed by atoms with Gasteiger partial charge in [0.05, 0.1) is 17.5 Å². The number of aromatic nitrogens is 2. The molecule has 1 aliphatic heterocycles. The first-order valence-corrected chi connectivity index (χ1v) is 9.33. The second-order valence-corrected chi connectivity index (χ2v) is 6.89. The number of carbonyl (C=O) groups excluding carboxylic acids is 1. The third kappa shape index (κ3) is 5.31. The second-order valence-electron chi connectivity index (χ2n) is 6.89. The molecular weight excluding hydrogens is 364 g/mol. The Balaban J connectivity index is 0.00000261. The number of carbonyl (C=O) groups is 1. The number of halogens is 1. The number of hydrogen-bond donors (Lipinski definition) is 1. The van der Waals surface area contributed by atoms with Gasteiger partial charge in [-0.15, -0.1) is 12.4 Å². The van der Waals surface area contributed by atoms with E-state index in [1.807, 2.05) is 53.8 Å². The van der Waals surface area contributed by atoms with Gasteiger partial charge in [0.2, 0.25) is 0 Å². The molecule has 1 amide bonds. The lowest BCUT2D eigenvalue weighted by molar-refractivity contribution is 0.00845. The van der Waals surface area contributed by atoms with Gasteiger partial charge in [-0.2, -0.15) is 5.10 Å². The zero-order chi connectivity index (χ0) is 18.5. The summed E-state index contributed by atoms with van der Waals surface area (Å²) in [6.07, 6.45) is 2.92. The van der Waals surface area contributed by atoms with Gasteiger partial charge < -0.3 is 15.4 Å². The Morgan fingerprint density at radius 3 is 2.44 bits per heavy atom. The van der Waals surface area contributed by atoms with Crippen molar-refractivity contribution in [1.82, 2.24) is 14.7 Å². The van der Waals surface area contributed by atoms with Gasteiger partial charge in [-0.05, 0) is 70.0 Å². The molecule has 1 aromatic carbocycles. The van der Waals surface area contributed by atoms with E-state index < -0.39 is 0 Å². The maximum atomic E-state index is 12.7. The zero-order valence-corrected chi connectivity index (χ0v) is 16.9. The number of piperidine rings is 1. The molecular formula is C20H29ClN4O2. The molecule has 1 saturated heterocycles. The third-order valence-electron chi connectivity index (χ3n) is 4.80. The van der Waals surface area contributed by atoms with Crippen LogP contribution in [0, 0.1) is 13.8 Å². The predicted octanol–water partition coefficient (Wildman–Crippen LogP) is 2.88. The molecule has 0 spiro atoms. The van der Waals surface area contributed by atoms with Gasteiger partial charge in [0.15, 0.2) is 0 Å². The maximum Gasteiger partial charge on any atom is 0.253 e. The Labute approximate surface area is 167 Å². The fourth-order valence-electron chi connectivity index (χ4n) is 3.38. The molecule has 1 aromatic heterocycles. The quantitative estimate of drug-likeness (QED) is 0.767. The molecule has 0 bridgehead atoms. The van der Waals surface area contributed by atoms with E-state index in [1.54, 1.807) is 0 Å². The van der Waals surface area contributed by atoms with E-state index in [2.05, 4.69) is 5.10 Å². The Hall–Kier alpha value is -1.89. The van der Waals surface area contributed by atoms with Crippen molar-refractivity contribution in [2.24, 2.45) is 5.73 Å². The largest absolute Gasteiger partial charge is 0.378 e. The Morgan fingerprint density at radius 2 is 1.89 bits per heavy atom. The van der Waals surface area contributed by atoms with E-state index >= 15 is 0 Å². The van der Waals surface area contributed by atoms with Gasteiger partial charge in [0.25, 0.3) is 5.91 Å². The molecule has 0 atom stereocenters. The minimum Gasteiger partial charge on any atom is -0.378 e. The van der Waals surface area contributed by atoms with Crippen LogP contribution in [-0.4, -0.2) is 52.9 Å². The number of likely N-dealkylation sites (tertiary alicyclic amines) is 1. The molecule has 2 heterocycles. The number of rotatable bonds is 6. The van der Waals surface area contributed by atoms with E-state index in [1.165, 1.54) is 0 Å². The molecule has 1 fully saturated rings. The summed E-state index contributed by atoms with van der Waals surface area (Å²) < 4.78 is 7.70. The standard InChI is InChI=1S/C20H28N4O2.ClH/c1-15-14-16(2)24(22-15)18-6-4-17(5-7-18)20(25)23-11-8-19(9-12-23)26-13-3-10-21;/h4-7,14,19H,3,8-13,21H2,1-2H3;1H. The fraction of sp³-hybridized carbons (Fsp3) is 0.500. The van der Waals surface area contributed by atoms with Crippen molar-refractivity contribution in [1.29, 1.82) is 0 Å². The lowest BCUT2D eigenvalue weighted by Gasteiger charge is -2.32. The number of benzene rings is 1. The normalized spacial score (nSPS) is 14.9. The van der Waals surface area contributed by atoms with Crippen molar-refractivity contribution >= 4 is 18.3 Å². The van der Waals surface area contributed by atoms with E-state index in [0.29, 0.717) is 13.2 Å². The monoisotopic (exact) mass is 392 g/mol. The fourth-order valence-corrected chi connectivity index (χ4v) is 3.38. The first-order chi connectivity index (χ1) is 12.6. The summed E-state index contributed by atoms with van der Waals surface area (Å²) in [5.74, 6) is 0.0883. The minimum absolute atomic E-state index is 0. The maximum absolute atomic E-state index is 12.7. The molecule has 0 saturated carbocycles. The second kappa shape index (κ2) is 9.88. The van der Waals surface area contributed by atoms with Crippen molar-refractivity contribution < 1.29 is 9.53 Å². The minimum atomic E-state index is 0. The van der Waals surface area contributed by atoms with E-state index in [0.717, 1.165) is 55.0 Å². The third-order valence-corrected chi connectivity index (χ3v) is 4.80. The molecule has 7 heteroatoms. The van der Waals surface area contributed by atoms with Crippen molar-refractivity contribution in [3.8, 4) is 5.69 Å². The number of amides is 1. The van der Waals surface area contributed by atoms with Gasteiger partial charge in [-0.1, -0.05) is 0 Å². The average molecular weight is 393 g/mol. The summed E-state index contributed by atoms with van der Waals surface area (Å²) in [5, 5.41) is 4.48. The summed E-state index contributed by atoms with van der Waals surface area (Å²) in [4.78, 5) is 14.6. The molecule has 148 valence electrons. The van der Waals surface area contributed by atoms with E-state index in [9.17, 15) is 4.79 Å². The van der Waals surface area contributed by atoms with Gasteiger partial charge in [0, 0.05) is 31.0 Å².